The number of carbonyl (C=O) groups is 1. The van der Waals surface area contributed by atoms with Crippen LogP contribution in [0.5, 0.6) is 0 Å². The normalized spacial score (nSPS) is 16.4. The van der Waals surface area contributed by atoms with E-state index in [1.807, 2.05) is 4.90 Å². The summed E-state index contributed by atoms with van der Waals surface area (Å²) in [6.45, 7) is 2.25. The summed E-state index contributed by atoms with van der Waals surface area (Å²) in [5.41, 5.74) is 0.508. The van der Waals surface area contributed by atoms with Gasteiger partial charge in [0, 0.05) is 19.3 Å². The minimum absolute atomic E-state index is 0.0302. The maximum atomic E-state index is 11.8. The van der Waals surface area contributed by atoms with Gasteiger partial charge in [-0.05, 0) is 18.2 Å². The Hall–Kier alpha value is -1.60. The highest BCUT2D eigenvalue weighted by molar-refractivity contribution is 7.90. The molecule has 1 fully saturated rings. The molecule has 0 atom stereocenters. The first-order chi connectivity index (χ1) is 8.89. The first kappa shape index (κ1) is 13.8. The summed E-state index contributed by atoms with van der Waals surface area (Å²) in [6.07, 6.45) is 1.08. The van der Waals surface area contributed by atoms with E-state index < -0.39 is 15.8 Å². The van der Waals surface area contributed by atoms with Gasteiger partial charge in [-0.15, -0.1) is 0 Å². The largest absolute Gasteiger partial charge is 0.478 e. The highest BCUT2D eigenvalue weighted by Crippen LogP contribution is 2.27. The standard InChI is InChI=1S/C12H15NO5S/c1-19(16,17)11-8-9(12(14)15)2-3-10(11)13-4-6-18-7-5-13/h2-3,8H,4-7H2,1H3,(H,14,15). The molecular weight excluding hydrogens is 270 g/mol. The average Bonchev–Trinajstić information content (AvgIpc) is 2.38. The van der Waals surface area contributed by atoms with Gasteiger partial charge in [0.2, 0.25) is 0 Å². The molecule has 1 heterocycles. The smallest absolute Gasteiger partial charge is 0.335 e. The third-order valence-electron chi connectivity index (χ3n) is 2.96. The summed E-state index contributed by atoms with van der Waals surface area (Å²) >= 11 is 0. The number of rotatable bonds is 3. The van der Waals surface area contributed by atoms with Gasteiger partial charge in [0.1, 0.15) is 0 Å². The summed E-state index contributed by atoms with van der Waals surface area (Å²) in [7, 11) is -3.48. The molecule has 1 aliphatic rings. The van der Waals surface area contributed by atoms with Crippen molar-refractivity contribution < 1.29 is 23.1 Å². The summed E-state index contributed by atoms with van der Waals surface area (Å²) in [4.78, 5) is 12.9. The molecule has 0 spiro atoms. The van der Waals surface area contributed by atoms with Gasteiger partial charge in [0.25, 0.3) is 0 Å². The monoisotopic (exact) mass is 285 g/mol. The molecule has 0 radical (unpaired) electrons. The predicted octanol–water partition coefficient (Wildman–Crippen LogP) is 0.625. The second-order valence-corrected chi connectivity index (χ2v) is 6.34. The van der Waals surface area contributed by atoms with Gasteiger partial charge in [0.15, 0.2) is 9.84 Å². The van der Waals surface area contributed by atoms with E-state index in [-0.39, 0.29) is 10.5 Å². The number of nitrogens with zero attached hydrogens (tertiary/aromatic N) is 1. The van der Waals surface area contributed by atoms with E-state index in [0.717, 1.165) is 6.26 Å². The Morgan fingerprint density at radius 1 is 1.32 bits per heavy atom. The zero-order valence-electron chi connectivity index (χ0n) is 10.5. The van der Waals surface area contributed by atoms with E-state index in [1.165, 1.54) is 12.1 Å². The Morgan fingerprint density at radius 3 is 2.47 bits per heavy atom. The molecule has 0 aromatic heterocycles. The van der Waals surface area contributed by atoms with Gasteiger partial charge in [0.05, 0.1) is 29.4 Å². The quantitative estimate of drug-likeness (QED) is 0.876. The summed E-state index contributed by atoms with van der Waals surface area (Å²) in [6, 6.07) is 4.18. The van der Waals surface area contributed by atoms with Gasteiger partial charge in [-0.1, -0.05) is 0 Å². The van der Waals surface area contributed by atoms with Crippen molar-refractivity contribution in [1.82, 2.24) is 0 Å². The fourth-order valence-electron chi connectivity index (χ4n) is 2.01. The van der Waals surface area contributed by atoms with Crippen molar-refractivity contribution >= 4 is 21.5 Å². The molecule has 7 heteroatoms. The van der Waals surface area contributed by atoms with Crippen LogP contribution in [-0.4, -0.2) is 52.1 Å². The second kappa shape index (κ2) is 5.18. The van der Waals surface area contributed by atoms with Gasteiger partial charge < -0.3 is 14.7 Å². The van der Waals surface area contributed by atoms with Crippen LogP contribution in [0.1, 0.15) is 10.4 Å². The summed E-state index contributed by atoms with van der Waals surface area (Å²) in [5, 5.41) is 8.95. The number of sulfone groups is 1. The zero-order valence-corrected chi connectivity index (χ0v) is 11.3. The molecule has 1 aromatic carbocycles. The Labute approximate surface area is 111 Å². The van der Waals surface area contributed by atoms with Gasteiger partial charge in [-0.3, -0.25) is 0 Å². The summed E-state index contributed by atoms with van der Waals surface area (Å²) < 4.78 is 28.9. The molecule has 1 aliphatic heterocycles. The van der Waals surface area contributed by atoms with Crippen LogP contribution >= 0.6 is 0 Å². The molecule has 1 aromatic rings. The number of aromatic carboxylic acids is 1. The number of hydrogen-bond acceptors (Lipinski definition) is 5. The molecule has 0 bridgehead atoms. The van der Waals surface area contributed by atoms with Gasteiger partial charge >= 0.3 is 5.97 Å². The number of carboxylic acids is 1. The number of morpholine rings is 1. The number of anilines is 1. The van der Waals surface area contributed by atoms with E-state index in [9.17, 15) is 13.2 Å². The molecule has 104 valence electrons. The van der Waals surface area contributed by atoms with Crippen LogP contribution in [0.4, 0.5) is 5.69 Å². The molecule has 0 amide bonds. The van der Waals surface area contributed by atoms with E-state index in [2.05, 4.69) is 0 Å². The first-order valence-electron chi connectivity index (χ1n) is 5.79. The SMILES string of the molecule is CS(=O)(=O)c1cc(C(=O)O)ccc1N1CCOCC1. The van der Waals surface area contributed by atoms with Crippen LogP contribution in [0.3, 0.4) is 0 Å². The molecule has 0 aliphatic carbocycles. The highest BCUT2D eigenvalue weighted by Gasteiger charge is 2.21. The van der Waals surface area contributed by atoms with Crippen LogP contribution in [0.15, 0.2) is 23.1 Å². The predicted molar refractivity (Wildman–Crippen MR) is 69.5 cm³/mol. The first-order valence-corrected chi connectivity index (χ1v) is 7.69. The van der Waals surface area contributed by atoms with Crippen LogP contribution in [0.2, 0.25) is 0 Å². The lowest BCUT2D eigenvalue weighted by molar-refractivity contribution is 0.0696. The fourth-order valence-corrected chi connectivity index (χ4v) is 2.93. The molecule has 19 heavy (non-hydrogen) atoms. The number of benzene rings is 1. The lowest BCUT2D eigenvalue weighted by Crippen LogP contribution is -2.37. The van der Waals surface area contributed by atoms with E-state index in [1.54, 1.807) is 6.07 Å². The average molecular weight is 285 g/mol. The maximum absolute atomic E-state index is 11.8. The Kier molecular flexibility index (Phi) is 3.77. The topological polar surface area (TPSA) is 83.9 Å². The van der Waals surface area contributed by atoms with Crippen LogP contribution in [-0.2, 0) is 14.6 Å². The molecule has 6 nitrogen and oxygen atoms in total. The molecule has 0 unspecified atom stereocenters. The number of hydrogen-bond donors (Lipinski definition) is 1. The lowest BCUT2D eigenvalue weighted by atomic mass is 10.2. The minimum Gasteiger partial charge on any atom is -0.478 e. The van der Waals surface area contributed by atoms with Crippen molar-refractivity contribution in [2.24, 2.45) is 0 Å². The lowest BCUT2D eigenvalue weighted by Gasteiger charge is -2.30. The second-order valence-electron chi connectivity index (χ2n) is 4.36. The van der Waals surface area contributed by atoms with E-state index in [4.69, 9.17) is 9.84 Å². The van der Waals surface area contributed by atoms with E-state index >= 15 is 0 Å². The number of carboxylic acid groups (broad SMARTS) is 1. The van der Waals surface area contributed by atoms with Crippen molar-refractivity contribution in [2.45, 2.75) is 4.90 Å². The maximum Gasteiger partial charge on any atom is 0.335 e. The van der Waals surface area contributed by atoms with Crippen LogP contribution in [0.25, 0.3) is 0 Å². The van der Waals surface area contributed by atoms with Crippen LogP contribution in [0, 0.1) is 0 Å². The molecule has 2 rings (SSSR count). The van der Waals surface area contributed by atoms with Crippen LogP contribution < -0.4 is 4.90 Å². The zero-order chi connectivity index (χ0) is 14.0. The Bertz CT molecular complexity index is 590. The molecule has 0 saturated carbocycles. The Balaban J connectivity index is 2.50. The van der Waals surface area contributed by atoms with Crippen molar-refractivity contribution in [3.8, 4) is 0 Å². The minimum atomic E-state index is -3.48. The number of ether oxygens (including phenoxy) is 1. The molecule has 1 saturated heterocycles. The summed E-state index contributed by atoms with van der Waals surface area (Å²) in [5.74, 6) is -1.14. The van der Waals surface area contributed by atoms with Gasteiger partial charge in [-0.2, -0.15) is 0 Å². The fraction of sp³-hybridized carbons (Fsp3) is 0.417. The van der Waals surface area contributed by atoms with Crippen molar-refractivity contribution in [3.63, 3.8) is 0 Å². The van der Waals surface area contributed by atoms with Gasteiger partial charge in [-0.25, -0.2) is 13.2 Å². The third-order valence-corrected chi connectivity index (χ3v) is 4.08. The van der Waals surface area contributed by atoms with E-state index in [0.29, 0.717) is 32.0 Å². The third kappa shape index (κ3) is 3.05. The highest BCUT2D eigenvalue weighted by atomic mass is 32.2. The Morgan fingerprint density at radius 2 is 1.95 bits per heavy atom. The molecular formula is C12H15NO5S. The van der Waals surface area contributed by atoms with Crippen molar-refractivity contribution in [1.29, 1.82) is 0 Å². The van der Waals surface area contributed by atoms with Crippen molar-refractivity contribution in [2.75, 3.05) is 37.5 Å². The molecule has 1 N–H and O–H groups in total. The van der Waals surface area contributed by atoms with Crippen molar-refractivity contribution in [3.05, 3.63) is 23.8 Å².